The maximum Gasteiger partial charge on any atom is 0.186 e. The summed E-state index contributed by atoms with van der Waals surface area (Å²) < 4.78 is 0. The first kappa shape index (κ1) is 11.9. The van der Waals surface area contributed by atoms with Gasteiger partial charge in [0.25, 0.3) is 0 Å². The zero-order chi connectivity index (χ0) is 11.3. The van der Waals surface area contributed by atoms with E-state index in [0.717, 1.165) is 11.3 Å². The molecule has 1 aromatic rings. The van der Waals surface area contributed by atoms with Crippen molar-refractivity contribution in [1.82, 2.24) is 10.7 Å². The van der Waals surface area contributed by atoms with Crippen LogP contribution in [-0.2, 0) is 0 Å². The van der Waals surface area contributed by atoms with E-state index in [1.807, 2.05) is 31.2 Å². The molecule has 0 aliphatic rings. The Morgan fingerprint density at radius 2 is 1.93 bits per heavy atom. The van der Waals surface area contributed by atoms with Crippen LogP contribution in [0.2, 0.25) is 5.02 Å². The molecule has 3 nitrogen and oxygen atoms in total. The van der Waals surface area contributed by atoms with E-state index < -0.39 is 0 Å². The van der Waals surface area contributed by atoms with Crippen molar-refractivity contribution in [2.75, 3.05) is 7.05 Å². The number of rotatable bonds is 2. The van der Waals surface area contributed by atoms with Gasteiger partial charge in [-0.25, -0.2) is 0 Å². The van der Waals surface area contributed by atoms with E-state index in [9.17, 15) is 0 Å². The van der Waals surface area contributed by atoms with E-state index in [0.29, 0.717) is 10.1 Å². The molecule has 0 amide bonds. The highest BCUT2D eigenvalue weighted by atomic mass is 35.5. The Balaban J connectivity index is 2.71. The lowest BCUT2D eigenvalue weighted by molar-refractivity contribution is 0.974. The SMILES string of the molecule is CNC(=S)N/N=C(\C)c1ccc(Cl)cc1. The van der Waals surface area contributed by atoms with Crippen molar-refractivity contribution < 1.29 is 0 Å². The smallest absolute Gasteiger partial charge is 0.186 e. The number of hydrazone groups is 1. The van der Waals surface area contributed by atoms with Crippen molar-refractivity contribution in [1.29, 1.82) is 0 Å². The molecular weight excluding hydrogens is 230 g/mol. The van der Waals surface area contributed by atoms with Crippen molar-refractivity contribution in [2.45, 2.75) is 6.92 Å². The number of benzene rings is 1. The van der Waals surface area contributed by atoms with E-state index in [-0.39, 0.29) is 0 Å². The van der Waals surface area contributed by atoms with Crippen LogP contribution in [-0.4, -0.2) is 17.9 Å². The molecular formula is C10H12ClN3S. The third-order valence-corrected chi connectivity index (χ3v) is 2.36. The van der Waals surface area contributed by atoms with Gasteiger partial charge in [-0.3, -0.25) is 5.43 Å². The zero-order valence-corrected chi connectivity index (χ0v) is 10.1. The molecule has 2 N–H and O–H groups in total. The molecule has 0 saturated heterocycles. The molecule has 0 bridgehead atoms. The average molecular weight is 242 g/mol. The normalized spacial score (nSPS) is 11.0. The van der Waals surface area contributed by atoms with Crippen LogP contribution in [0.25, 0.3) is 0 Å². The summed E-state index contributed by atoms with van der Waals surface area (Å²) in [5, 5.41) is 8.09. The van der Waals surface area contributed by atoms with Gasteiger partial charge in [0.15, 0.2) is 5.11 Å². The Bertz CT molecular complexity index is 373. The van der Waals surface area contributed by atoms with Crippen molar-refractivity contribution in [3.05, 3.63) is 34.9 Å². The molecule has 5 heteroatoms. The van der Waals surface area contributed by atoms with Crippen molar-refractivity contribution >= 4 is 34.6 Å². The van der Waals surface area contributed by atoms with E-state index >= 15 is 0 Å². The second kappa shape index (κ2) is 5.68. The van der Waals surface area contributed by atoms with Gasteiger partial charge >= 0.3 is 0 Å². The van der Waals surface area contributed by atoms with Crippen LogP contribution in [0.1, 0.15) is 12.5 Å². The van der Waals surface area contributed by atoms with Gasteiger partial charge in [0.1, 0.15) is 0 Å². The minimum atomic E-state index is 0.489. The molecule has 0 aromatic heterocycles. The lowest BCUT2D eigenvalue weighted by Gasteiger charge is -2.03. The molecule has 15 heavy (non-hydrogen) atoms. The number of hydrogen-bond donors (Lipinski definition) is 2. The highest BCUT2D eigenvalue weighted by Gasteiger charge is 1.97. The van der Waals surface area contributed by atoms with Crippen LogP contribution in [0.3, 0.4) is 0 Å². The van der Waals surface area contributed by atoms with Gasteiger partial charge in [0, 0.05) is 12.1 Å². The highest BCUT2D eigenvalue weighted by molar-refractivity contribution is 7.80. The summed E-state index contributed by atoms with van der Waals surface area (Å²) in [6.07, 6.45) is 0. The van der Waals surface area contributed by atoms with Gasteiger partial charge in [0.2, 0.25) is 0 Å². The fourth-order valence-electron chi connectivity index (χ4n) is 0.946. The van der Waals surface area contributed by atoms with Crippen LogP contribution < -0.4 is 10.7 Å². The van der Waals surface area contributed by atoms with Gasteiger partial charge in [-0.05, 0) is 36.8 Å². The summed E-state index contributed by atoms with van der Waals surface area (Å²) in [7, 11) is 1.74. The van der Waals surface area contributed by atoms with Gasteiger partial charge in [-0.2, -0.15) is 5.10 Å². The molecule has 0 fully saturated rings. The molecule has 0 radical (unpaired) electrons. The minimum absolute atomic E-state index is 0.489. The van der Waals surface area contributed by atoms with Crippen molar-refractivity contribution in [3.8, 4) is 0 Å². The molecule has 0 aliphatic heterocycles. The summed E-state index contributed by atoms with van der Waals surface area (Å²) in [5.41, 5.74) is 4.58. The summed E-state index contributed by atoms with van der Waals surface area (Å²) in [5.74, 6) is 0. The second-order valence-electron chi connectivity index (χ2n) is 2.90. The summed E-state index contributed by atoms with van der Waals surface area (Å²) in [4.78, 5) is 0. The molecule has 0 spiro atoms. The minimum Gasteiger partial charge on any atom is -0.364 e. The first-order chi connectivity index (χ1) is 7.13. The Hall–Kier alpha value is -1.13. The summed E-state index contributed by atoms with van der Waals surface area (Å²) in [6.45, 7) is 1.90. The lowest BCUT2D eigenvalue weighted by Crippen LogP contribution is -2.29. The maximum absolute atomic E-state index is 5.78. The van der Waals surface area contributed by atoms with E-state index in [4.69, 9.17) is 23.8 Å². The highest BCUT2D eigenvalue weighted by Crippen LogP contribution is 2.09. The number of halogens is 1. The number of thiocarbonyl (C=S) groups is 1. The third-order valence-electron chi connectivity index (χ3n) is 1.81. The molecule has 0 aliphatic carbocycles. The fraction of sp³-hybridized carbons (Fsp3) is 0.200. The second-order valence-corrected chi connectivity index (χ2v) is 3.74. The first-order valence-corrected chi connectivity index (χ1v) is 5.20. The number of hydrogen-bond acceptors (Lipinski definition) is 2. The van der Waals surface area contributed by atoms with Crippen molar-refractivity contribution in [2.24, 2.45) is 5.10 Å². The average Bonchev–Trinajstić information content (AvgIpc) is 2.26. The predicted molar refractivity (Wildman–Crippen MR) is 68.5 cm³/mol. The zero-order valence-electron chi connectivity index (χ0n) is 8.54. The van der Waals surface area contributed by atoms with Crippen molar-refractivity contribution in [3.63, 3.8) is 0 Å². The maximum atomic E-state index is 5.78. The molecule has 0 unspecified atom stereocenters. The Morgan fingerprint density at radius 1 is 1.33 bits per heavy atom. The Labute approximate surface area is 99.5 Å². The predicted octanol–water partition coefficient (Wildman–Crippen LogP) is 2.16. The van der Waals surface area contributed by atoms with Crippen LogP contribution in [0.15, 0.2) is 29.4 Å². The molecule has 0 saturated carbocycles. The summed E-state index contributed by atoms with van der Waals surface area (Å²) in [6, 6.07) is 7.47. The van der Waals surface area contributed by atoms with Crippen LogP contribution >= 0.6 is 23.8 Å². The van der Waals surface area contributed by atoms with Gasteiger partial charge in [-0.15, -0.1) is 0 Å². The Kier molecular flexibility index (Phi) is 4.52. The van der Waals surface area contributed by atoms with Crippen LogP contribution in [0.5, 0.6) is 0 Å². The lowest BCUT2D eigenvalue weighted by atomic mass is 10.1. The standard InChI is InChI=1S/C10H12ClN3S/c1-7(13-14-10(15)12-2)8-3-5-9(11)6-4-8/h3-6H,1-2H3,(H2,12,14,15)/b13-7+. The molecule has 1 aromatic carbocycles. The van der Waals surface area contributed by atoms with Gasteiger partial charge in [-0.1, -0.05) is 23.7 Å². The monoisotopic (exact) mass is 241 g/mol. The van der Waals surface area contributed by atoms with E-state index in [1.165, 1.54) is 0 Å². The van der Waals surface area contributed by atoms with E-state index in [2.05, 4.69) is 15.8 Å². The molecule has 80 valence electrons. The molecule has 1 rings (SSSR count). The third kappa shape index (κ3) is 3.85. The van der Waals surface area contributed by atoms with Gasteiger partial charge in [0.05, 0.1) is 5.71 Å². The summed E-state index contributed by atoms with van der Waals surface area (Å²) >= 11 is 10.7. The topological polar surface area (TPSA) is 36.4 Å². The number of nitrogens with zero attached hydrogens (tertiary/aromatic N) is 1. The van der Waals surface area contributed by atoms with E-state index in [1.54, 1.807) is 7.05 Å². The van der Waals surface area contributed by atoms with Crippen LogP contribution in [0.4, 0.5) is 0 Å². The largest absolute Gasteiger partial charge is 0.364 e. The van der Waals surface area contributed by atoms with Crippen LogP contribution in [0, 0.1) is 0 Å². The fourth-order valence-corrected chi connectivity index (χ4v) is 1.12. The number of nitrogens with one attached hydrogen (secondary N) is 2. The Morgan fingerprint density at radius 3 is 2.47 bits per heavy atom. The quantitative estimate of drug-likeness (QED) is 0.473. The first-order valence-electron chi connectivity index (χ1n) is 4.41. The van der Waals surface area contributed by atoms with Gasteiger partial charge < -0.3 is 5.32 Å². The molecule has 0 heterocycles. The molecule has 0 atom stereocenters.